The van der Waals surface area contributed by atoms with Gasteiger partial charge in [0.05, 0.1) is 150 Å². The number of fused-ring (bicyclic) bond motifs is 2. The molecule has 10 fully saturated rings. The molecule has 0 bridgehead atoms. The number of oxime groups is 2. The van der Waals surface area contributed by atoms with E-state index in [1.807, 2.05) is 163 Å². The van der Waals surface area contributed by atoms with E-state index in [0.717, 1.165) is 38.5 Å². The quantitative estimate of drug-likeness (QED) is 0.0134. The number of ether oxygens (including phenoxy) is 23. The average Bonchev–Trinajstić information content (AvgIpc) is 0.998. The molecule has 10 aliphatic rings. The van der Waals surface area contributed by atoms with Crippen molar-refractivity contribution in [2.24, 2.45) is 57.7 Å². The number of hydrogen-bond donors (Lipinski definition) is 2. The molecule has 8 aliphatic heterocycles. The number of nitriles is 2. The number of allylic oxidation sites excluding steroid dienone is 1. The molecule has 2 aliphatic carbocycles. The SMILES string of the molecule is C=CC#N.CC(C)(C)O.CC[C@H]1OC(=O)[C@H](C)[C@@H](O[C@H]2C[C@@](C)(OC)[C@@H](O)[C@H](C)O2)[C@H](C)[C@@H](O[C@@H]2O[C@H](C)C[C@H](N(C)C)[C@H]2OC(C)=O)[C@](C)(OC)C[C@@H](C)/C(=N\OC2(OC(C)C)CCCCC2)[C@H](C)[C@H]2OC(=O)O[C@@]21C.CC[C@H]1OC(=O)[C@H](C)[C@@H](O[C@H]2C[C@@](C)(OC)[C@@H](OCCC#N)[C@H](C)O2)[C@H](C)[C@@H](O[C@@H]2O[C@H](C)C[C@H](N(C)C)[C@H]2OC(C)=O)[C@](C)(OC)C[C@@H](C)/C(=N\OC2(OC(C)C)CCCCC2)[C@H](C)[C@H]2OC(=O)O[C@@]21C.[H-].[Na+]. The van der Waals surface area contributed by atoms with Crippen LogP contribution in [0, 0.1) is 70.0 Å². The zero-order chi connectivity index (χ0) is 112. The van der Waals surface area contributed by atoms with E-state index >= 15 is 4.79 Å². The predicted octanol–water partition coefficient (Wildman–Crippen LogP) is 13.7. The summed E-state index contributed by atoms with van der Waals surface area (Å²) < 4.78 is 149. The first-order valence-corrected chi connectivity index (χ1v) is 54.1. The Morgan fingerprint density at radius 2 is 0.860 bits per heavy atom. The normalized spacial score (nSPS) is 40.2. The maximum atomic E-state index is 15.1. The van der Waals surface area contributed by atoms with Gasteiger partial charge in [-0.05, 0) is 224 Å². The number of esters is 4. The first kappa shape index (κ1) is 133. The van der Waals surface area contributed by atoms with Crippen LogP contribution in [0.1, 0.15) is 324 Å². The average molecular weight is 2150 g/mol. The van der Waals surface area contributed by atoms with Gasteiger partial charge < -0.3 is 140 Å². The molecule has 0 unspecified atom stereocenters. The fraction of sp³-hybridized carbons (Fsp3) is 0.891. The van der Waals surface area contributed by atoms with E-state index < -0.39 is 245 Å². The predicted molar refractivity (Wildman–Crippen MR) is 551 cm³/mol. The molecule has 40 heteroatoms. The topological polar surface area (TPSA) is 452 Å². The number of hydrogen-bond acceptors (Lipinski definition) is 39. The van der Waals surface area contributed by atoms with E-state index in [1.54, 1.807) is 89.7 Å². The fourth-order valence-corrected chi connectivity index (χ4v) is 23.7. The van der Waals surface area contributed by atoms with Crippen LogP contribution in [0.3, 0.4) is 0 Å². The largest absolute Gasteiger partial charge is 1.00 e. The molecule has 10 rings (SSSR count). The summed E-state index contributed by atoms with van der Waals surface area (Å²) in [6.07, 6.45) is -7.16. The van der Waals surface area contributed by atoms with Crippen LogP contribution in [0.4, 0.5) is 9.59 Å². The Morgan fingerprint density at radius 1 is 0.520 bits per heavy atom. The molecule has 8 saturated heterocycles. The van der Waals surface area contributed by atoms with E-state index in [9.17, 15) is 34.3 Å². The third-order valence-electron chi connectivity index (χ3n) is 31.4. The number of aliphatic hydroxyl groups is 2. The van der Waals surface area contributed by atoms with Crippen LogP contribution in [0.25, 0.3) is 0 Å². The molecule has 0 aromatic carbocycles. The second kappa shape index (κ2) is 57.7. The van der Waals surface area contributed by atoms with Gasteiger partial charge in [0, 0.05) is 122 Å². The number of rotatable bonds is 29. The minimum atomic E-state index is -1.47. The van der Waals surface area contributed by atoms with Gasteiger partial charge in [0.2, 0.25) is 11.6 Å². The van der Waals surface area contributed by atoms with Crippen molar-refractivity contribution in [2.75, 3.05) is 63.2 Å². The number of nitrogens with zero attached hydrogens (tertiary/aromatic N) is 6. The van der Waals surface area contributed by atoms with Gasteiger partial charge in [-0.25, -0.2) is 9.59 Å². The Balaban J connectivity index is 0.000000485. The fourth-order valence-electron chi connectivity index (χ4n) is 23.7. The monoisotopic (exact) mass is 2150 g/mol. The number of aliphatic hydroxyl groups excluding tert-OH is 1. The Morgan fingerprint density at radius 3 is 1.17 bits per heavy atom. The van der Waals surface area contributed by atoms with E-state index in [-0.39, 0.29) is 119 Å². The van der Waals surface area contributed by atoms with Crippen LogP contribution in [0.5, 0.6) is 0 Å². The van der Waals surface area contributed by atoms with Gasteiger partial charge in [-0.15, -0.1) is 0 Å². The standard InChI is InChI=1S/C53H89N3O16.C50H86N2O16.C4H10O.C3H3N.Na.H/c1-18-39-52(13)45(69-49(59)71-52)33(6)41(55-72-53(70-30(2)3)23-20-19-21-24-53)31(4)28-50(11,60-16)44(68-48-43(65-37(10)57)38(56(14)15)27-32(5)63-48)34(7)42(35(8)47(58)66-39)67-40-29-51(12,61-17)46(36(9)64-40)62-26-22-25-54;1-18-36-49(13)43(65-46(56)67-49)30(6)38(51-68-50(66-27(2)3)22-20-19-21-23-50)28(4)25-48(12,58-17)42(64-45-40(61-34(10)53)35(52(14)15)24-29(5)59-45)31(7)39(32(8)44(55)62-36)63-37-26-47(11,57-16)41(54)33(9)60-37;1-4(2,3)5;1-2-3-4;;/h30-36,38-40,42-46,48H,18-24,26-29H2,1-17H3;27-33,35-37,39-43,45,54H,18-26H2,1-17H3;5H,1-3H3;2H,1H2;;/q;;;;+1;-1/b55-41+;51-38+;;;;/t31-,32-,33+,34+,35-,36+,38+,39-,40+,42+,43-,44-,45-,46+,48+,50-,51-,52-;28-,29-,30+,31+,32-,33+,35+,36-,37+,39+,40-,41+,42-,43-,45+,47-,48-,49-;;;;/m11..../s1. The molecular formula is C110H189N6NaO33. The molecule has 39 nitrogen and oxygen atoms in total. The molecule has 8 heterocycles. The number of methoxy groups -OCH3 is 4. The summed E-state index contributed by atoms with van der Waals surface area (Å²) in [5.41, 5.74) is -6.84. The maximum Gasteiger partial charge on any atom is 1.00 e. The molecule has 858 valence electrons. The summed E-state index contributed by atoms with van der Waals surface area (Å²) in [4.78, 5) is 99.7. The van der Waals surface area contributed by atoms with Crippen LogP contribution < -0.4 is 29.6 Å². The van der Waals surface area contributed by atoms with Crippen LogP contribution in [-0.4, -0.2) is 329 Å². The summed E-state index contributed by atoms with van der Waals surface area (Å²) >= 11 is 0. The van der Waals surface area contributed by atoms with Crippen LogP contribution >= 0.6 is 0 Å². The van der Waals surface area contributed by atoms with Crippen molar-refractivity contribution in [3.8, 4) is 12.1 Å². The first-order chi connectivity index (χ1) is 69.5. The summed E-state index contributed by atoms with van der Waals surface area (Å²) in [5, 5.41) is 46.5. The van der Waals surface area contributed by atoms with Crippen molar-refractivity contribution in [3.05, 3.63) is 12.7 Å². The Bertz CT molecular complexity index is 4390. The minimum absolute atomic E-state index is 0. The minimum Gasteiger partial charge on any atom is -1.00 e. The van der Waals surface area contributed by atoms with E-state index in [0.29, 0.717) is 49.9 Å². The first-order valence-electron chi connectivity index (χ1n) is 54.1. The number of likely N-dealkylation sites (N-methyl/N-ethyl adjacent to an activating group) is 2. The molecule has 0 aromatic heterocycles. The third kappa shape index (κ3) is 34.2. The van der Waals surface area contributed by atoms with E-state index in [1.165, 1.54) is 27.0 Å². The third-order valence-corrected chi connectivity index (χ3v) is 31.4. The number of cyclic esters (lactones) is 2. The van der Waals surface area contributed by atoms with Crippen molar-refractivity contribution in [3.63, 3.8) is 0 Å². The Labute approximate surface area is 917 Å². The molecule has 0 aromatic rings. The molecule has 150 heavy (non-hydrogen) atoms. The summed E-state index contributed by atoms with van der Waals surface area (Å²) in [7, 11) is 14.0. The maximum absolute atomic E-state index is 15.1. The van der Waals surface area contributed by atoms with E-state index in [2.05, 4.69) is 12.6 Å². The van der Waals surface area contributed by atoms with Gasteiger partial charge in [0.15, 0.2) is 60.8 Å². The van der Waals surface area contributed by atoms with Gasteiger partial charge in [-0.2, -0.15) is 10.5 Å². The van der Waals surface area contributed by atoms with Crippen LogP contribution in [-0.2, 0) is 138 Å². The zero-order valence-electron chi connectivity index (χ0n) is 98.6. The molecule has 0 amide bonds. The zero-order valence-corrected chi connectivity index (χ0v) is 99.6. The van der Waals surface area contributed by atoms with Gasteiger partial charge in [-0.3, -0.25) is 19.2 Å². The van der Waals surface area contributed by atoms with E-state index in [4.69, 9.17) is 139 Å². The number of carbonyl (C=O) groups excluding carboxylic acids is 6. The van der Waals surface area contributed by atoms with Crippen molar-refractivity contribution >= 4 is 47.6 Å². The smallest absolute Gasteiger partial charge is 1.00 e. The second-order valence-electron chi connectivity index (χ2n) is 46.2. The second-order valence-corrected chi connectivity index (χ2v) is 46.2. The van der Waals surface area contributed by atoms with Crippen molar-refractivity contribution in [1.82, 2.24) is 9.80 Å². The van der Waals surface area contributed by atoms with Gasteiger partial charge in [-0.1, -0.05) is 85.1 Å². The van der Waals surface area contributed by atoms with Crippen molar-refractivity contribution in [1.29, 1.82) is 10.5 Å². The Kier molecular flexibility index (Phi) is 51.1. The molecule has 2 saturated carbocycles. The molecular weight excluding hydrogens is 1960 g/mol. The summed E-state index contributed by atoms with van der Waals surface area (Å²) in [6.45, 7) is 56.5. The van der Waals surface area contributed by atoms with Crippen molar-refractivity contribution in [2.45, 2.75) is 521 Å². The Hall–Kier alpha value is -5.68. The van der Waals surface area contributed by atoms with Gasteiger partial charge in [0.1, 0.15) is 24.4 Å². The van der Waals surface area contributed by atoms with Crippen LogP contribution in [0.15, 0.2) is 23.0 Å². The van der Waals surface area contributed by atoms with Crippen molar-refractivity contribution < 1.29 is 189 Å². The van der Waals surface area contributed by atoms with Gasteiger partial charge >= 0.3 is 65.7 Å². The molecule has 2 N–H and O–H groups in total. The number of carbonyl (C=O) groups is 6. The summed E-state index contributed by atoms with van der Waals surface area (Å²) in [6, 6.07) is 3.25. The molecule has 0 spiro atoms. The molecule has 0 radical (unpaired) electrons. The molecule has 36 atom stereocenters. The van der Waals surface area contributed by atoms with Crippen LogP contribution in [0.2, 0.25) is 0 Å². The summed E-state index contributed by atoms with van der Waals surface area (Å²) in [5.74, 6) is -9.95. The van der Waals surface area contributed by atoms with Gasteiger partial charge in [0.25, 0.3) is 0 Å².